The minimum Gasteiger partial charge on any atom is -0.383 e. The molecular weight excluding hydrogens is 262 g/mol. The number of rotatable bonds is 7. The maximum atomic E-state index is 6.17. The van der Waals surface area contributed by atoms with Crippen molar-refractivity contribution in [3.63, 3.8) is 0 Å². The van der Waals surface area contributed by atoms with Crippen LogP contribution in [0.25, 0.3) is 0 Å². The van der Waals surface area contributed by atoms with Gasteiger partial charge in [-0.15, -0.1) is 0 Å². The lowest BCUT2D eigenvalue weighted by Crippen LogP contribution is -2.31. The van der Waals surface area contributed by atoms with Gasteiger partial charge < -0.3 is 10.1 Å². The van der Waals surface area contributed by atoms with Crippen molar-refractivity contribution in [2.24, 2.45) is 5.92 Å². The molecule has 0 aliphatic heterocycles. The number of aryl methyl sites for hydroxylation is 1. The summed E-state index contributed by atoms with van der Waals surface area (Å²) < 4.78 is 5.25. The fourth-order valence-corrected chi connectivity index (χ4v) is 1.95. The van der Waals surface area contributed by atoms with Gasteiger partial charge in [0, 0.05) is 19.1 Å². The van der Waals surface area contributed by atoms with Gasteiger partial charge in [-0.2, -0.15) is 0 Å². The highest BCUT2D eigenvalue weighted by Gasteiger charge is 2.16. The molecule has 0 saturated heterocycles. The molecule has 1 atom stereocenters. The first-order chi connectivity index (χ1) is 8.99. The van der Waals surface area contributed by atoms with E-state index in [4.69, 9.17) is 16.3 Å². The topological polar surface area (TPSA) is 47.0 Å². The molecule has 0 aliphatic carbocycles. The second-order valence-electron chi connectivity index (χ2n) is 5.10. The van der Waals surface area contributed by atoms with Crippen LogP contribution in [0.2, 0.25) is 5.15 Å². The van der Waals surface area contributed by atoms with Gasteiger partial charge in [-0.3, -0.25) is 0 Å². The van der Waals surface area contributed by atoms with Crippen molar-refractivity contribution in [1.82, 2.24) is 9.97 Å². The molecule has 0 amide bonds. The molecule has 0 aliphatic rings. The molecule has 0 bridgehead atoms. The van der Waals surface area contributed by atoms with Crippen LogP contribution in [-0.2, 0) is 11.2 Å². The molecule has 0 spiro atoms. The SMILES string of the molecule is CCCc1nc(Cl)c(C)c(NC(COC)C(C)C)n1. The summed E-state index contributed by atoms with van der Waals surface area (Å²) in [4.78, 5) is 8.87. The summed E-state index contributed by atoms with van der Waals surface area (Å²) in [5.74, 6) is 2.06. The lowest BCUT2D eigenvalue weighted by molar-refractivity contribution is 0.171. The lowest BCUT2D eigenvalue weighted by atomic mass is 10.1. The zero-order valence-electron chi connectivity index (χ0n) is 12.5. The highest BCUT2D eigenvalue weighted by Crippen LogP contribution is 2.22. The molecule has 1 N–H and O–H groups in total. The number of halogens is 1. The Kier molecular flexibility index (Phi) is 6.52. The number of hydrogen-bond donors (Lipinski definition) is 1. The predicted molar refractivity (Wildman–Crippen MR) is 79.9 cm³/mol. The van der Waals surface area contributed by atoms with Gasteiger partial charge in [0.05, 0.1) is 12.6 Å². The quantitative estimate of drug-likeness (QED) is 0.779. The van der Waals surface area contributed by atoms with Gasteiger partial charge in [0.15, 0.2) is 0 Å². The fraction of sp³-hybridized carbons (Fsp3) is 0.714. The minimum absolute atomic E-state index is 0.212. The van der Waals surface area contributed by atoms with Gasteiger partial charge in [0.25, 0.3) is 0 Å². The van der Waals surface area contributed by atoms with E-state index in [1.54, 1.807) is 7.11 Å². The Labute approximate surface area is 120 Å². The Balaban J connectivity index is 2.97. The van der Waals surface area contributed by atoms with Crippen LogP contribution in [0.15, 0.2) is 0 Å². The fourth-order valence-electron chi connectivity index (χ4n) is 1.76. The molecule has 1 aromatic rings. The van der Waals surface area contributed by atoms with Crippen LogP contribution in [0.5, 0.6) is 0 Å². The minimum atomic E-state index is 0.212. The van der Waals surface area contributed by atoms with E-state index in [1.807, 2.05) is 6.92 Å². The number of aromatic nitrogens is 2. The van der Waals surface area contributed by atoms with E-state index in [0.29, 0.717) is 17.7 Å². The summed E-state index contributed by atoms with van der Waals surface area (Å²) in [6.07, 6.45) is 1.84. The summed E-state index contributed by atoms with van der Waals surface area (Å²) >= 11 is 6.17. The van der Waals surface area contributed by atoms with Crippen LogP contribution < -0.4 is 5.32 Å². The third-order valence-corrected chi connectivity index (χ3v) is 3.45. The number of anilines is 1. The van der Waals surface area contributed by atoms with E-state index < -0.39 is 0 Å². The Morgan fingerprint density at radius 1 is 1.32 bits per heavy atom. The summed E-state index contributed by atoms with van der Waals surface area (Å²) in [5, 5.41) is 3.96. The van der Waals surface area contributed by atoms with Crippen LogP contribution in [0, 0.1) is 12.8 Å². The van der Waals surface area contributed by atoms with E-state index >= 15 is 0 Å². The smallest absolute Gasteiger partial charge is 0.137 e. The number of hydrogen-bond acceptors (Lipinski definition) is 4. The Hall–Kier alpha value is -0.870. The van der Waals surface area contributed by atoms with E-state index in [9.17, 15) is 0 Å². The number of methoxy groups -OCH3 is 1. The van der Waals surface area contributed by atoms with E-state index in [2.05, 4.69) is 36.1 Å². The molecule has 5 heteroatoms. The van der Waals surface area contributed by atoms with Crippen LogP contribution in [0.4, 0.5) is 5.82 Å². The second-order valence-corrected chi connectivity index (χ2v) is 5.46. The largest absolute Gasteiger partial charge is 0.383 e. The second kappa shape index (κ2) is 7.65. The van der Waals surface area contributed by atoms with Gasteiger partial charge >= 0.3 is 0 Å². The molecule has 108 valence electrons. The first-order valence-corrected chi connectivity index (χ1v) is 7.15. The van der Waals surface area contributed by atoms with E-state index in [-0.39, 0.29) is 6.04 Å². The third-order valence-electron chi connectivity index (χ3n) is 3.08. The summed E-state index contributed by atoms with van der Waals surface area (Å²) in [6, 6.07) is 0.212. The van der Waals surface area contributed by atoms with Gasteiger partial charge in [-0.25, -0.2) is 9.97 Å². The van der Waals surface area contributed by atoms with Crippen molar-refractivity contribution >= 4 is 17.4 Å². The monoisotopic (exact) mass is 285 g/mol. The van der Waals surface area contributed by atoms with Gasteiger partial charge in [0.2, 0.25) is 0 Å². The molecule has 4 nitrogen and oxygen atoms in total. The van der Waals surface area contributed by atoms with Crippen molar-refractivity contribution < 1.29 is 4.74 Å². The maximum absolute atomic E-state index is 6.17. The van der Waals surface area contributed by atoms with Crippen LogP contribution in [0.3, 0.4) is 0 Å². The molecule has 0 radical (unpaired) electrons. The Bertz CT molecular complexity index is 410. The molecule has 1 rings (SSSR count). The number of nitrogens with zero attached hydrogens (tertiary/aromatic N) is 2. The molecular formula is C14H24ClN3O. The number of ether oxygens (including phenoxy) is 1. The molecule has 1 aromatic heterocycles. The normalized spacial score (nSPS) is 12.8. The summed E-state index contributed by atoms with van der Waals surface area (Å²) in [5.41, 5.74) is 0.892. The molecule has 0 fully saturated rings. The summed E-state index contributed by atoms with van der Waals surface area (Å²) in [6.45, 7) is 8.99. The summed E-state index contributed by atoms with van der Waals surface area (Å²) in [7, 11) is 1.71. The van der Waals surface area contributed by atoms with Crippen molar-refractivity contribution in [3.05, 3.63) is 16.5 Å². The highest BCUT2D eigenvalue weighted by molar-refractivity contribution is 6.30. The molecule has 1 heterocycles. The zero-order chi connectivity index (χ0) is 14.4. The van der Waals surface area contributed by atoms with Gasteiger partial charge in [-0.1, -0.05) is 32.4 Å². The Morgan fingerprint density at radius 2 is 2.00 bits per heavy atom. The Morgan fingerprint density at radius 3 is 2.53 bits per heavy atom. The average Bonchev–Trinajstić information content (AvgIpc) is 2.34. The standard InChI is InChI=1S/C14H24ClN3O/c1-6-7-12-17-13(15)10(4)14(18-12)16-11(8-19-5)9(2)3/h9,11H,6-8H2,1-5H3,(H,16,17,18). The van der Waals surface area contributed by atoms with Crippen molar-refractivity contribution in [2.45, 2.75) is 46.6 Å². The molecule has 19 heavy (non-hydrogen) atoms. The molecule has 0 saturated carbocycles. The lowest BCUT2D eigenvalue weighted by Gasteiger charge is -2.23. The van der Waals surface area contributed by atoms with Gasteiger partial charge in [0.1, 0.15) is 16.8 Å². The van der Waals surface area contributed by atoms with Crippen LogP contribution >= 0.6 is 11.6 Å². The zero-order valence-corrected chi connectivity index (χ0v) is 13.2. The van der Waals surface area contributed by atoms with Crippen molar-refractivity contribution in [1.29, 1.82) is 0 Å². The van der Waals surface area contributed by atoms with E-state index in [0.717, 1.165) is 30.0 Å². The molecule has 1 unspecified atom stereocenters. The predicted octanol–water partition coefficient (Wildman–Crippen LogP) is 3.47. The van der Waals surface area contributed by atoms with Crippen LogP contribution in [0.1, 0.15) is 38.6 Å². The van der Waals surface area contributed by atoms with Gasteiger partial charge in [-0.05, 0) is 19.3 Å². The number of nitrogens with one attached hydrogen (secondary N) is 1. The van der Waals surface area contributed by atoms with Crippen LogP contribution in [-0.4, -0.2) is 29.7 Å². The maximum Gasteiger partial charge on any atom is 0.137 e. The van der Waals surface area contributed by atoms with Crippen molar-refractivity contribution in [2.75, 3.05) is 19.0 Å². The first-order valence-electron chi connectivity index (χ1n) is 6.78. The van der Waals surface area contributed by atoms with E-state index in [1.165, 1.54) is 0 Å². The van der Waals surface area contributed by atoms with Crippen molar-refractivity contribution in [3.8, 4) is 0 Å². The first kappa shape index (κ1) is 16.2. The molecule has 0 aromatic carbocycles. The average molecular weight is 286 g/mol. The third kappa shape index (κ3) is 4.62. The highest BCUT2D eigenvalue weighted by atomic mass is 35.5.